The van der Waals surface area contributed by atoms with Crippen molar-refractivity contribution in [1.29, 1.82) is 5.26 Å². The van der Waals surface area contributed by atoms with E-state index in [9.17, 15) is 0 Å². The SMILES string of the molecule is CCc1cnc(Sc2cccc(C#N)n2)[nH]1. The Morgan fingerprint density at radius 3 is 3.06 bits per heavy atom. The van der Waals surface area contributed by atoms with Gasteiger partial charge in [-0.05, 0) is 30.3 Å². The van der Waals surface area contributed by atoms with E-state index >= 15 is 0 Å². The van der Waals surface area contributed by atoms with Gasteiger partial charge in [0.25, 0.3) is 0 Å². The number of H-pyrrole nitrogens is 1. The maximum atomic E-state index is 8.73. The van der Waals surface area contributed by atoms with E-state index in [0.29, 0.717) is 5.69 Å². The van der Waals surface area contributed by atoms with Gasteiger partial charge in [0.2, 0.25) is 0 Å². The molecule has 2 rings (SSSR count). The Labute approximate surface area is 97.7 Å². The Kier molecular flexibility index (Phi) is 3.22. The number of imidazole rings is 1. The molecule has 2 aromatic heterocycles. The number of hydrogen-bond donors (Lipinski definition) is 1. The Morgan fingerprint density at radius 1 is 1.50 bits per heavy atom. The van der Waals surface area contributed by atoms with Gasteiger partial charge in [0, 0.05) is 11.9 Å². The molecule has 2 heterocycles. The summed E-state index contributed by atoms with van der Waals surface area (Å²) in [4.78, 5) is 11.6. The van der Waals surface area contributed by atoms with E-state index in [2.05, 4.69) is 21.9 Å². The molecule has 0 aliphatic carbocycles. The van der Waals surface area contributed by atoms with Gasteiger partial charge < -0.3 is 4.98 Å². The quantitative estimate of drug-likeness (QED) is 0.879. The summed E-state index contributed by atoms with van der Waals surface area (Å²) >= 11 is 1.42. The van der Waals surface area contributed by atoms with Crippen LogP contribution in [0.15, 0.2) is 34.6 Å². The minimum atomic E-state index is 0.423. The summed E-state index contributed by atoms with van der Waals surface area (Å²) in [6, 6.07) is 7.38. The van der Waals surface area contributed by atoms with Crippen molar-refractivity contribution >= 4 is 11.8 Å². The molecule has 0 spiro atoms. The largest absolute Gasteiger partial charge is 0.337 e. The fourth-order valence-electron chi connectivity index (χ4n) is 1.20. The highest BCUT2D eigenvalue weighted by atomic mass is 32.2. The molecule has 1 N–H and O–H groups in total. The zero-order chi connectivity index (χ0) is 11.4. The highest BCUT2D eigenvalue weighted by Crippen LogP contribution is 2.23. The number of aromatic amines is 1. The fraction of sp³-hybridized carbons (Fsp3) is 0.182. The van der Waals surface area contributed by atoms with Crippen LogP contribution in [0.1, 0.15) is 18.3 Å². The fourth-order valence-corrected chi connectivity index (χ4v) is 1.98. The smallest absolute Gasteiger partial charge is 0.171 e. The van der Waals surface area contributed by atoms with E-state index in [0.717, 1.165) is 22.3 Å². The van der Waals surface area contributed by atoms with E-state index in [1.54, 1.807) is 6.07 Å². The third kappa shape index (κ3) is 2.41. The number of nitrogens with one attached hydrogen (secondary N) is 1. The highest BCUT2D eigenvalue weighted by Gasteiger charge is 2.03. The number of aromatic nitrogens is 3. The standard InChI is InChI=1S/C11H10N4S/c1-2-8-7-13-11(15-8)16-10-5-3-4-9(6-12)14-10/h3-5,7H,2H2,1H3,(H,13,15). The first-order valence-corrected chi connectivity index (χ1v) is 5.72. The molecule has 0 amide bonds. The molecule has 4 nitrogen and oxygen atoms in total. The number of aryl methyl sites for hydroxylation is 1. The summed E-state index contributed by atoms with van der Waals surface area (Å²) in [5.74, 6) is 0. The van der Waals surface area contributed by atoms with Crippen molar-refractivity contribution in [3.05, 3.63) is 35.8 Å². The number of hydrogen-bond acceptors (Lipinski definition) is 4. The molecule has 0 aromatic carbocycles. The topological polar surface area (TPSA) is 65.4 Å². The second-order valence-electron chi connectivity index (χ2n) is 3.14. The minimum absolute atomic E-state index is 0.423. The van der Waals surface area contributed by atoms with Crippen molar-refractivity contribution in [2.45, 2.75) is 23.5 Å². The second-order valence-corrected chi connectivity index (χ2v) is 4.15. The first-order chi connectivity index (χ1) is 7.81. The third-order valence-corrected chi connectivity index (χ3v) is 2.86. The molecular weight excluding hydrogens is 220 g/mol. The lowest BCUT2D eigenvalue weighted by molar-refractivity contribution is 0.986. The predicted octanol–water partition coefficient (Wildman–Crippen LogP) is 2.39. The van der Waals surface area contributed by atoms with Crippen LogP contribution in [-0.4, -0.2) is 15.0 Å². The van der Waals surface area contributed by atoms with Crippen LogP contribution in [0.3, 0.4) is 0 Å². The van der Waals surface area contributed by atoms with Gasteiger partial charge in [0.05, 0.1) is 0 Å². The van der Waals surface area contributed by atoms with Crippen molar-refractivity contribution in [3.63, 3.8) is 0 Å². The molecule has 0 saturated carbocycles. The lowest BCUT2D eigenvalue weighted by Crippen LogP contribution is -1.85. The molecule has 0 fully saturated rings. The van der Waals surface area contributed by atoms with Crippen LogP contribution in [0.5, 0.6) is 0 Å². The third-order valence-electron chi connectivity index (χ3n) is 2.03. The molecule has 0 aliphatic heterocycles. The lowest BCUT2D eigenvalue weighted by Gasteiger charge is -1.96. The maximum absolute atomic E-state index is 8.73. The zero-order valence-corrected chi connectivity index (χ0v) is 9.58. The van der Waals surface area contributed by atoms with Gasteiger partial charge in [0.1, 0.15) is 16.8 Å². The van der Waals surface area contributed by atoms with Crippen LogP contribution in [0.25, 0.3) is 0 Å². The number of nitrogens with zero attached hydrogens (tertiary/aromatic N) is 3. The van der Waals surface area contributed by atoms with Crippen molar-refractivity contribution < 1.29 is 0 Å². The zero-order valence-electron chi connectivity index (χ0n) is 8.77. The number of rotatable bonds is 3. The van der Waals surface area contributed by atoms with Gasteiger partial charge in [-0.2, -0.15) is 5.26 Å². The van der Waals surface area contributed by atoms with Crippen molar-refractivity contribution in [1.82, 2.24) is 15.0 Å². The molecule has 0 aliphatic rings. The average molecular weight is 230 g/mol. The van der Waals surface area contributed by atoms with Gasteiger partial charge in [-0.15, -0.1) is 0 Å². The van der Waals surface area contributed by atoms with Gasteiger partial charge in [-0.3, -0.25) is 0 Å². The van der Waals surface area contributed by atoms with Crippen molar-refractivity contribution in [2.24, 2.45) is 0 Å². The average Bonchev–Trinajstić information content (AvgIpc) is 2.77. The molecule has 0 atom stereocenters. The van der Waals surface area contributed by atoms with E-state index in [1.807, 2.05) is 24.4 Å². The minimum Gasteiger partial charge on any atom is -0.337 e. The maximum Gasteiger partial charge on any atom is 0.171 e. The Hall–Kier alpha value is -1.80. The monoisotopic (exact) mass is 230 g/mol. The van der Waals surface area contributed by atoms with Crippen molar-refractivity contribution in [3.8, 4) is 6.07 Å². The first kappa shape index (κ1) is 10.7. The van der Waals surface area contributed by atoms with E-state index in [4.69, 9.17) is 5.26 Å². The summed E-state index contributed by atoms with van der Waals surface area (Å²) < 4.78 is 0. The molecule has 16 heavy (non-hydrogen) atoms. The van der Waals surface area contributed by atoms with Crippen LogP contribution in [0, 0.1) is 11.3 Å². The number of nitriles is 1. The van der Waals surface area contributed by atoms with Crippen LogP contribution in [0.4, 0.5) is 0 Å². The molecule has 0 unspecified atom stereocenters. The van der Waals surface area contributed by atoms with Gasteiger partial charge >= 0.3 is 0 Å². The van der Waals surface area contributed by atoms with Gasteiger partial charge in [-0.1, -0.05) is 13.0 Å². The van der Waals surface area contributed by atoms with Crippen LogP contribution >= 0.6 is 11.8 Å². The molecule has 0 radical (unpaired) electrons. The summed E-state index contributed by atoms with van der Waals surface area (Å²) in [6.07, 6.45) is 2.75. The van der Waals surface area contributed by atoms with Crippen molar-refractivity contribution in [2.75, 3.05) is 0 Å². The Bertz CT molecular complexity index is 527. The van der Waals surface area contributed by atoms with Crippen LogP contribution in [-0.2, 0) is 6.42 Å². The summed E-state index contributed by atoms with van der Waals surface area (Å²) in [5, 5.41) is 10.3. The van der Waals surface area contributed by atoms with Gasteiger partial charge in [0.15, 0.2) is 5.16 Å². The molecule has 2 aromatic rings. The molecule has 0 saturated heterocycles. The lowest BCUT2D eigenvalue weighted by atomic mass is 10.4. The summed E-state index contributed by atoms with van der Waals surface area (Å²) in [5.41, 5.74) is 1.52. The molecule has 80 valence electrons. The first-order valence-electron chi connectivity index (χ1n) is 4.90. The predicted molar refractivity (Wildman–Crippen MR) is 61.0 cm³/mol. The number of pyridine rings is 1. The highest BCUT2D eigenvalue weighted by molar-refractivity contribution is 7.99. The molecular formula is C11H10N4S. The Balaban J connectivity index is 2.17. The second kappa shape index (κ2) is 4.81. The van der Waals surface area contributed by atoms with Crippen LogP contribution < -0.4 is 0 Å². The van der Waals surface area contributed by atoms with E-state index in [-0.39, 0.29) is 0 Å². The van der Waals surface area contributed by atoms with Gasteiger partial charge in [-0.25, -0.2) is 9.97 Å². The summed E-state index contributed by atoms with van der Waals surface area (Å²) in [7, 11) is 0. The molecule has 5 heteroatoms. The Morgan fingerprint density at radius 2 is 2.38 bits per heavy atom. The normalized spacial score (nSPS) is 10.0. The summed E-state index contributed by atoms with van der Waals surface area (Å²) in [6.45, 7) is 2.07. The van der Waals surface area contributed by atoms with E-state index < -0.39 is 0 Å². The molecule has 0 bridgehead atoms. The van der Waals surface area contributed by atoms with E-state index in [1.165, 1.54) is 11.8 Å². The van der Waals surface area contributed by atoms with Crippen LogP contribution in [0.2, 0.25) is 0 Å².